The summed E-state index contributed by atoms with van der Waals surface area (Å²) in [6.07, 6.45) is -3.04. The number of hydrogen-bond acceptors (Lipinski definition) is 5. The second-order valence-electron chi connectivity index (χ2n) is 8.83. The molecule has 14 heteroatoms. The van der Waals surface area contributed by atoms with Crippen molar-refractivity contribution >= 4 is 58.5 Å². The zero-order chi connectivity index (χ0) is 31.9. The lowest BCUT2D eigenvalue weighted by Crippen LogP contribution is -2.06. The Hall–Kier alpha value is -2.72. The summed E-state index contributed by atoms with van der Waals surface area (Å²) in [6.45, 7) is 3.78. The van der Waals surface area contributed by atoms with Gasteiger partial charge in [-0.1, -0.05) is 51.3 Å². The molecule has 2 aromatic carbocycles. The van der Waals surface area contributed by atoms with Gasteiger partial charge >= 0.3 is 12.4 Å². The van der Waals surface area contributed by atoms with Crippen LogP contribution in [0.5, 0.6) is 0 Å². The molecule has 5 nitrogen and oxygen atoms in total. The monoisotopic (exact) mass is 784 g/mol. The van der Waals surface area contributed by atoms with Gasteiger partial charge in [0, 0.05) is 35.0 Å². The number of benzene rings is 2. The van der Waals surface area contributed by atoms with Crippen molar-refractivity contribution in [1.29, 1.82) is 0 Å². The van der Waals surface area contributed by atoms with Crippen molar-refractivity contribution in [2.24, 2.45) is 14.1 Å². The average molecular weight is 785 g/mol. The molecule has 0 fully saturated rings. The normalized spacial score (nSPS) is 11.4. The molecule has 0 N–H and O–H groups in total. The molecule has 0 amide bonds. The highest BCUT2D eigenvalue weighted by Crippen LogP contribution is 2.38. The van der Waals surface area contributed by atoms with Gasteiger partial charge in [-0.15, -0.1) is 23.5 Å². The second-order valence-corrected chi connectivity index (χ2v) is 12.2. The van der Waals surface area contributed by atoms with Crippen LogP contribution >= 0.6 is 46.1 Å². The molecule has 0 saturated carbocycles. The van der Waals surface area contributed by atoms with Crippen LogP contribution in [0.25, 0.3) is 28.9 Å². The van der Waals surface area contributed by atoms with Gasteiger partial charge in [0.05, 0.1) is 29.2 Å². The van der Waals surface area contributed by atoms with Crippen LogP contribution in [0.2, 0.25) is 0 Å². The van der Waals surface area contributed by atoms with Crippen LogP contribution in [-0.4, -0.2) is 36.9 Å². The highest BCUT2D eigenvalue weighted by molar-refractivity contribution is 14.1. The van der Waals surface area contributed by atoms with Crippen LogP contribution < -0.4 is 0 Å². The van der Waals surface area contributed by atoms with E-state index in [0.717, 1.165) is 29.5 Å². The lowest BCUT2D eigenvalue weighted by Gasteiger charge is -2.13. The van der Waals surface area contributed by atoms with E-state index in [1.807, 2.05) is 35.6 Å². The van der Waals surface area contributed by atoms with Crippen molar-refractivity contribution in [3.8, 4) is 22.8 Å². The maximum Gasteiger partial charge on any atom is 0.416 e. The quantitative estimate of drug-likeness (QED) is 0.0771. The van der Waals surface area contributed by atoms with E-state index in [9.17, 15) is 31.1 Å². The van der Waals surface area contributed by atoms with Crippen molar-refractivity contribution < 1.29 is 31.1 Å². The Bertz CT molecular complexity index is 1600. The SMILES string of the molecule is C.C.CCSc1cc(C(F)(F)F)ccc1-c1ncc(C=CI)n1C.CCSc1cc(C(F)(F)F)ccc1-c1ncc(C=O)n1C. The van der Waals surface area contributed by atoms with Gasteiger partial charge in [0.2, 0.25) is 0 Å². The number of rotatable bonds is 8. The number of hydrogen-bond donors (Lipinski definition) is 0. The number of carbonyl (C=O) groups is 1. The molecule has 2 aromatic heterocycles. The van der Waals surface area contributed by atoms with Crippen molar-refractivity contribution in [2.45, 2.75) is 50.8 Å². The molecular weight excluding hydrogens is 749 g/mol. The van der Waals surface area contributed by atoms with Gasteiger partial charge in [-0.05, 0) is 58.1 Å². The van der Waals surface area contributed by atoms with Gasteiger partial charge in [0.1, 0.15) is 17.3 Å². The van der Waals surface area contributed by atoms with Crippen LogP contribution in [0.4, 0.5) is 26.3 Å². The van der Waals surface area contributed by atoms with E-state index in [-0.39, 0.29) is 14.9 Å². The predicted octanol–water partition coefficient (Wildman–Crippen LogP) is 10.9. The number of aldehydes is 1. The molecule has 0 aliphatic carbocycles. The van der Waals surface area contributed by atoms with E-state index in [1.165, 1.54) is 47.9 Å². The zero-order valence-electron chi connectivity index (χ0n) is 23.4. The Balaban J connectivity index is 0.000000431. The number of alkyl halides is 6. The smallest absolute Gasteiger partial charge is 0.328 e. The largest absolute Gasteiger partial charge is 0.416 e. The molecule has 0 saturated heterocycles. The standard InChI is InChI=1S/C15H14F3IN2S.C14H13F3N2OS.2CH4/c1-3-22-13-8-10(15(16,17)18)4-5-12(13)14-20-9-11(6-7-19)21(14)2;1-3-21-12-6-9(14(15,16)17)4-5-11(12)13-18-7-10(8-20)19(13)2;;/h4-9H,3H2,1-2H3;4-8H,3H2,1-2H3;2*1H4. The average Bonchev–Trinajstić information content (AvgIpc) is 3.50. The third kappa shape index (κ3) is 9.88. The van der Waals surface area contributed by atoms with Crippen LogP contribution in [0.1, 0.15) is 56.0 Å². The third-order valence-corrected chi connectivity index (χ3v) is 8.34. The van der Waals surface area contributed by atoms with Crippen LogP contribution in [0.15, 0.2) is 62.7 Å². The fourth-order valence-corrected chi connectivity index (χ4v) is 6.03. The van der Waals surface area contributed by atoms with E-state index in [2.05, 4.69) is 32.6 Å². The third-order valence-electron chi connectivity index (χ3n) is 6.10. The van der Waals surface area contributed by atoms with Crippen molar-refractivity contribution in [3.05, 3.63) is 75.4 Å². The minimum atomic E-state index is -4.38. The summed E-state index contributed by atoms with van der Waals surface area (Å²) in [5.41, 5.74) is 1.26. The topological polar surface area (TPSA) is 52.7 Å². The fourth-order valence-electron chi connectivity index (χ4n) is 3.99. The van der Waals surface area contributed by atoms with E-state index in [0.29, 0.717) is 50.5 Å². The summed E-state index contributed by atoms with van der Waals surface area (Å²) in [7, 11) is 3.51. The van der Waals surface area contributed by atoms with Crippen LogP contribution in [0.3, 0.4) is 0 Å². The number of imidazole rings is 2. The summed E-state index contributed by atoms with van der Waals surface area (Å²) in [4.78, 5) is 20.4. The minimum Gasteiger partial charge on any atom is -0.328 e. The fraction of sp³-hybridized carbons (Fsp3) is 0.323. The van der Waals surface area contributed by atoms with Gasteiger partial charge in [-0.25, -0.2) is 9.97 Å². The summed E-state index contributed by atoms with van der Waals surface area (Å²) < 4.78 is 82.4. The Kier molecular flexibility index (Phi) is 15.5. The first-order valence-electron chi connectivity index (χ1n) is 12.7. The summed E-state index contributed by atoms with van der Waals surface area (Å²) in [6, 6.07) is 7.37. The molecule has 0 spiro atoms. The first-order chi connectivity index (χ1) is 20.3. The Labute approximate surface area is 282 Å². The summed E-state index contributed by atoms with van der Waals surface area (Å²) in [5, 5.41) is 0. The van der Waals surface area contributed by atoms with E-state index < -0.39 is 23.5 Å². The Morgan fingerprint density at radius 3 is 1.49 bits per heavy atom. The lowest BCUT2D eigenvalue weighted by atomic mass is 10.1. The highest BCUT2D eigenvalue weighted by atomic mass is 127. The first-order valence-corrected chi connectivity index (χ1v) is 15.9. The Morgan fingerprint density at radius 1 is 0.756 bits per heavy atom. The molecule has 45 heavy (non-hydrogen) atoms. The number of carbonyl (C=O) groups excluding carboxylic acids is 1. The van der Waals surface area contributed by atoms with E-state index in [4.69, 9.17) is 0 Å². The maximum absolute atomic E-state index is 12.9. The molecule has 0 aliphatic heterocycles. The van der Waals surface area contributed by atoms with Gasteiger partial charge in [-0.2, -0.15) is 26.3 Å². The zero-order valence-corrected chi connectivity index (χ0v) is 27.2. The summed E-state index contributed by atoms with van der Waals surface area (Å²) >= 11 is 4.81. The van der Waals surface area contributed by atoms with Crippen LogP contribution in [0, 0.1) is 0 Å². The van der Waals surface area contributed by atoms with Crippen molar-refractivity contribution in [1.82, 2.24) is 19.1 Å². The number of thioether (sulfide) groups is 2. The number of nitrogens with zero attached hydrogens (tertiary/aromatic N) is 4. The molecule has 0 atom stereocenters. The minimum absolute atomic E-state index is 0. The number of aromatic nitrogens is 4. The van der Waals surface area contributed by atoms with Crippen LogP contribution in [-0.2, 0) is 26.4 Å². The maximum atomic E-state index is 12.9. The predicted molar refractivity (Wildman–Crippen MR) is 182 cm³/mol. The molecule has 246 valence electrons. The molecule has 0 unspecified atom stereocenters. The highest BCUT2D eigenvalue weighted by Gasteiger charge is 2.32. The molecule has 0 bridgehead atoms. The van der Waals surface area contributed by atoms with Crippen molar-refractivity contribution in [3.63, 3.8) is 0 Å². The molecule has 4 rings (SSSR count). The lowest BCUT2D eigenvalue weighted by molar-refractivity contribution is -0.138. The van der Waals surface area contributed by atoms with E-state index in [1.54, 1.807) is 17.8 Å². The molecule has 4 aromatic rings. The van der Waals surface area contributed by atoms with Gasteiger partial charge in [-0.3, -0.25) is 4.79 Å². The van der Waals surface area contributed by atoms with Gasteiger partial charge in [0.15, 0.2) is 6.29 Å². The van der Waals surface area contributed by atoms with Gasteiger partial charge in [0.25, 0.3) is 0 Å². The summed E-state index contributed by atoms with van der Waals surface area (Å²) in [5.74, 6) is 2.47. The first kappa shape index (κ1) is 40.3. The molecule has 0 radical (unpaired) electrons. The Morgan fingerprint density at radius 2 is 1.16 bits per heavy atom. The number of halogens is 7. The molecular formula is C31H35F6IN4OS2. The van der Waals surface area contributed by atoms with Gasteiger partial charge < -0.3 is 9.13 Å². The van der Waals surface area contributed by atoms with Crippen molar-refractivity contribution in [2.75, 3.05) is 11.5 Å². The second kappa shape index (κ2) is 17.3. The van der Waals surface area contributed by atoms with E-state index >= 15 is 0 Å². The molecule has 2 heterocycles. The molecule has 0 aliphatic rings.